The normalized spacial score (nSPS) is 27.0. The number of fused-ring (bicyclic) bond motifs is 1. The summed E-state index contributed by atoms with van der Waals surface area (Å²) in [6.07, 6.45) is 26.4. The molecule has 2 heteroatoms. The lowest BCUT2D eigenvalue weighted by Crippen LogP contribution is -2.26. The molecule has 0 spiro atoms. The van der Waals surface area contributed by atoms with Gasteiger partial charge in [-0.1, -0.05) is 69.6 Å². The number of benzene rings is 1. The zero-order valence-corrected chi connectivity index (χ0v) is 20.3. The Kier molecular flexibility index (Phi) is 7.57. The van der Waals surface area contributed by atoms with Crippen LogP contribution in [0.15, 0.2) is 30.5 Å². The third kappa shape index (κ3) is 5.11. The highest BCUT2D eigenvalue weighted by Gasteiger charge is 2.29. The van der Waals surface area contributed by atoms with Crippen LogP contribution in [-0.4, -0.2) is 10.6 Å². The molecule has 0 aliphatic heterocycles. The maximum Gasteiger partial charge on any atom is 0.0485 e. The highest BCUT2D eigenvalue weighted by Crippen LogP contribution is 2.44. The molecule has 5 rings (SSSR count). The van der Waals surface area contributed by atoms with Crippen LogP contribution in [-0.2, 0) is 0 Å². The summed E-state index contributed by atoms with van der Waals surface area (Å²) in [7, 11) is 0. The summed E-state index contributed by atoms with van der Waals surface area (Å²) in [6.45, 7) is 0. The maximum atomic E-state index is 6.16. The second-order valence-corrected chi connectivity index (χ2v) is 11.5. The van der Waals surface area contributed by atoms with Gasteiger partial charge in [0.2, 0.25) is 0 Å². The van der Waals surface area contributed by atoms with E-state index in [2.05, 4.69) is 35.0 Å². The van der Waals surface area contributed by atoms with Crippen LogP contribution in [0.1, 0.15) is 127 Å². The van der Waals surface area contributed by atoms with Gasteiger partial charge < -0.3 is 10.3 Å². The van der Waals surface area contributed by atoms with E-state index in [-0.39, 0.29) is 0 Å². The molecule has 176 valence electrons. The molecule has 1 heterocycles. The Labute approximate surface area is 196 Å². The Morgan fingerprint density at radius 1 is 0.812 bits per heavy atom. The Morgan fingerprint density at radius 2 is 1.50 bits per heavy atom. The van der Waals surface area contributed by atoms with Gasteiger partial charge in [-0.2, -0.15) is 0 Å². The van der Waals surface area contributed by atoms with Gasteiger partial charge in [-0.3, -0.25) is 0 Å². The van der Waals surface area contributed by atoms with Crippen molar-refractivity contribution in [1.29, 1.82) is 0 Å². The van der Waals surface area contributed by atoms with Crippen molar-refractivity contribution in [1.82, 2.24) is 4.57 Å². The lowest BCUT2D eigenvalue weighted by molar-refractivity contribution is 0.269. The van der Waals surface area contributed by atoms with Gasteiger partial charge in [-0.15, -0.1) is 0 Å². The van der Waals surface area contributed by atoms with Crippen molar-refractivity contribution in [3.8, 4) is 0 Å². The SMILES string of the molecule is NC1CCC(CCCC(c2cn(C3CCCCC3)c3ccccc23)C2CCCCC2)CC1. The topological polar surface area (TPSA) is 30.9 Å². The Bertz CT molecular complexity index is 832. The van der Waals surface area contributed by atoms with E-state index >= 15 is 0 Å². The first-order chi connectivity index (χ1) is 15.8. The van der Waals surface area contributed by atoms with Crippen LogP contribution in [0.4, 0.5) is 0 Å². The van der Waals surface area contributed by atoms with E-state index in [1.165, 1.54) is 115 Å². The van der Waals surface area contributed by atoms with Crippen molar-refractivity contribution in [3.63, 3.8) is 0 Å². The third-order valence-corrected chi connectivity index (χ3v) is 9.38. The number of hydrogen-bond donors (Lipinski definition) is 1. The summed E-state index contributed by atoms with van der Waals surface area (Å²) >= 11 is 0. The molecule has 1 unspecified atom stereocenters. The summed E-state index contributed by atoms with van der Waals surface area (Å²) in [5.41, 5.74) is 9.37. The van der Waals surface area contributed by atoms with Crippen LogP contribution in [0, 0.1) is 11.8 Å². The molecule has 1 aromatic heterocycles. The van der Waals surface area contributed by atoms with Gasteiger partial charge in [0.15, 0.2) is 0 Å². The lowest BCUT2D eigenvalue weighted by atomic mass is 9.74. The smallest absolute Gasteiger partial charge is 0.0485 e. The largest absolute Gasteiger partial charge is 0.344 e. The number of nitrogens with zero attached hydrogens (tertiary/aromatic N) is 1. The minimum atomic E-state index is 0.479. The molecule has 0 amide bonds. The summed E-state index contributed by atoms with van der Waals surface area (Å²) < 4.78 is 2.71. The molecule has 3 fully saturated rings. The molecule has 2 N–H and O–H groups in total. The maximum absolute atomic E-state index is 6.16. The predicted octanol–water partition coefficient (Wildman–Crippen LogP) is 8.50. The van der Waals surface area contributed by atoms with Crippen molar-refractivity contribution in [2.75, 3.05) is 0 Å². The van der Waals surface area contributed by atoms with E-state index in [0.29, 0.717) is 6.04 Å². The van der Waals surface area contributed by atoms with Crippen molar-refractivity contribution >= 4 is 10.9 Å². The van der Waals surface area contributed by atoms with Crippen LogP contribution < -0.4 is 5.73 Å². The van der Waals surface area contributed by atoms with Gasteiger partial charge >= 0.3 is 0 Å². The van der Waals surface area contributed by atoms with Gasteiger partial charge in [-0.05, 0) is 87.2 Å². The first-order valence-corrected chi connectivity index (χ1v) is 14.1. The molecule has 0 bridgehead atoms. The molecule has 32 heavy (non-hydrogen) atoms. The predicted molar refractivity (Wildman–Crippen MR) is 137 cm³/mol. The Balaban J connectivity index is 1.38. The lowest BCUT2D eigenvalue weighted by Gasteiger charge is -2.32. The highest BCUT2D eigenvalue weighted by molar-refractivity contribution is 5.84. The van der Waals surface area contributed by atoms with E-state index in [1.807, 2.05) is 0 Å². The van der Waals surface area contributed by atoms with Gasteiger partial charge in [0.1, 0.15) is 0 Å². The first-order valence-electron chi connectivity index (χ1n) is 14.1. The Hall–Kier alpha value is -1.28. The standard InChI is InChI=1S/C30H46N2/c31-25-20-18-23(19-21-25)10-9-16-27(24-11-3-1-4-12-24)29-22-32(26-13-5-2-6-14-26)30-17-8-7-15-28(29)30/h7-8,15,17,22-27H,1-6,9-14,16,18-21,31H2. The van der Waals surface area contributed by atoms with Crippen molar-refractivity contribution in [2.24, 2.45) is 17.6 Å². The average Bonchev–Trinajstić information content (AvgIpc) is 3.24. The Morgan fingerprint density at radius 3 is 2.25 bits per heavy atom. The van der Waals surface area contributed by atoms with Crippen LogP contribution in [0.5, 0.6) is 0 Å². The van der Waals surface area contributed by atoms with Crippen LogP contribution >= 0.6 is 0 Å². The van der Waals surface area contributed by atoms with E-state index in [9.17, 15) is 0 Å². The van der Waals surface area contributed by atoms with Gasteiger partial charge in [-0.25, -0.2) is 0 Å². The zero-order valence-electron chi connectivity index (χ0n) is 20.3. The van der Waals surface area contributed by atoms with Crippen molar-refractivity contribution in [3.05, 3.63) is 36.0 Å². The molecule has 3 aliphatic carbocycles. The molecular weight excluding hydrogens is 388 g/mol. The van der Waals surface area contributed by atoms with Crippen molar-refractivity contribution in [2.45, 2.75) is 127 Å². The second-order valence-electron chi connectivity index (χ2n) is 11.5. The summed E-state index contributed by atoms with van der Waals surface area (Å²) in [5, 5.41) is 1.57. The molecule has 2 nitrogen and oxygen atoms in total. The fraction of sp³-hybridized carbons (Fsp3) is 0.733. The number of para-hydroxylation sites is 1. The monoisotopic (exact) mass is 434 g/mol. The summed E-state index contributed by atoms with van der Waals surface area (Å²) in [5.74, 6) is 2.59. The van der Waals surface area contributed by atoms with Crippen LogP contribution in [0.2, 0.25) is 0 Å². The van der Waals surface area contributed by atoms with Gasteiger partial charge in [0, 0.05) is 29.2 Å². The number of rotatable bonds is 7. The van der Waals surface area contributed by atoms with E-state index in [1.54, 1.807) is 10.9 Å². The van der Waals surface area contributed by atoms with Crippen LogP contribution in [0.3, 0.4) is 0 Å². The quantitative estimate of drug-likeness (QED) is 0.465. The second kappa shape index (κ2) is 10.8. The molecule has 1 atom stereocenters. The highest BCUT2D eigenvalue weighted by atomic mass is 15.0. The molecule has 3 saturated carbocycles. The molecule has 0 radical (unpaired) electrons. The molecule has 2 aromatic rings. The third-order valence-electron chi connectivity index (χ3n) is 9.38. The average molecular weight is 435 g/mol. The molecule has 3 aliphatic rings. The molecule has 1 aromatic carbocycles. The fourth-order valence-electron chi connectivity index (χ4n) is 7.47. The van der Waals surface area contributed by atoms with Crippen molar-refractivity contribution < 1.29 is 0 Å². The van der Waals surface area contributed by atoms with E-state index < -0.39 is 0 Å². The molecule has 0 saturated heterocycles. The summed E-state index contributed by atoms with van der Waals surface area (Å²) in [6, 6.07) is 10.6. The fourth-order valence-corrected chi connectivity index (χ4v) is 7.47. The zero-order chi connectivity index (χ0) is 21.8. The van der Waals surface area contributed by atoms with Gasteiger partial charge in [0.05, 0.1) is 0 Å². The van der Waals surface area contributed by atoms with E-state index in [4.69, 9.17) is 5.73 Å². The van der Waals surface area contributed by atoms with E-state index in [0.717, 1.165) is 23.8 Å². The van der Waals surface area contributed by atoms with Gasteiger partial charge in [0.25, 0.3) is 0 Å². The first kappa shape index (κ1) is 22.5. The van der Waals surface area contributed by atoms with Crippen LogP contribution in [0.25, 0.3) is 10.9 Å². The number of nitrogens with two attached hydrogens (primary N) is 1. The molecular formula is C30H46N2. The number of aromatic nitrogens is 1. The summed E-state index contributed by atoms with van der Waals surface area (Å²) in [4.78, 5) is 0. The number of hydrogen-bond acceptors (Lipinski definition) is 1. The minimum Gasteiger partial charge on any atom is -0.344 e. The minimum absolute atomic E-state index is 0.479.